The van der Waals surface area contributed by atoms with Crippen molar-refractivity contribution in [2.24, 2.45) is 0 Å². The van der Waals surface area contributed by atoms with Crippen LogP contribution in [0.3, 0.4) is 0 Å². The van der Waals surface area contributed by atoms with Crippen LogP contribution in [-0.2, 0) is 10.0 Å². The summed E-state index contributed by atoms with van der Waals surface area (Å²) in [5.41, 5.74) is 2.83. The van der Waals surface area contributed by atoms with Gasteiger partial charge in [-0.15, -0.1) is 20.1 Å². The smallest absolute Gasteiger partial charge is 0.286 e. The van der Waals surface area contributed by atoms with Crippen molar-refractivity contribution in [1.29, 1.82) is 0 Å². The Labute approximate surface area is 222 Å². The summed E-state index contributed by atoms with van der Waals surface area (Å²) < 4.78 is 31.5. The van der Waals surface area contributed by atoms with Gasteiger partial charge in [-0.2, -0.15) is 9.67 Å². The van der Waals surface area contributed by atoms with Crippen LogP contribution >= 0.6 is 0 Å². The summed E-state index contributed by atoms with van der Waals surface area (Å²) in [7, 11) is -2.54. The summed E-state index contributed by atoms with van der Waals surface area (Å²) in [6.45, 7) is 0. The first kappa shape index (κ1) is 25.4. The first-order valence-electron chi connectivity index (χ1n) is 11.4. The largest absolute Gasteiger partial charge is 0.497 e. The number of amides is 1. The van der Waals surface area contributed by atoms with E-state index in [0.717, 1.165) is 5.56 Å². The third-order valence-electron chi connectivity index (χ3n) is 5.31. The van der Waals surface area contributed by atoms with Crippen LogP contribution in [0, 0.1) is 0 Å². The maximum Gasteiger partial charge on any atom is 0.286 e. The number of nitrogens with zero attached hydrogens (tertiary/aromatic N) is 6. The second-order valence-electron chi connectivity index (χ2n) is 7.89. The molecule has 13 nitrogen and oxygen atoms in total. The summed E-state index contributed by atoms with van der Waals surface area (Å²) in [5.74, 6) is 1.34. The lowest BCUT2D eigenvalue weighted by molar-refractivity contribution is 0.0939. The van der Waals surface area contributed by atoms with E-state index in [1.54, 1.807) is 23.0 Å². The number of benzene rings is 2. The molecule has 0 fully saturated rings. The predicted octanol–water partition coefficient (Wildman–Crippen LogP) is 2.49. The predicted molar refractivity (Wildman–Crippen MR) is 141 cm³/mol. The van der Waals surface area contributed by atoms with Crippen LogP contribution in [0.2, 0.25) is 0 Å². The number of anilines is 2. The van der Waals surface area contributed by atoms with Crippen molar-refractivity contribution in [3.63, 3.8) is 0 Å². The minimum absolute atomic E-state index is 0.0539. The van der Waals surface area contributed by atoms with Gasteiger partial charge in [0, 0.05) is 11.8 Å². The summed E-state index contributed by atoms with van der Waals surface area (Å²) in [6.07, 6.45) is 1.66. The molecule has 0 atom stereocenters. The molecule has 3 heterocycles. The third-order valence-corrected chi connectivity index (χ3v) is 6.57. The van der Waals surface area contributed by atoms with Gasteiger partial charge in [0.2, 0.25) is 5.95 Å². The minimum atomic E-state index is -4.01. The quantitative estimate of drug-likeness (QED) is 0.235. The van der Waals surface area contributed by atoms with Gasteiger partial charge in [0.25, 0.3) is 15.9 Å². The summed E-state index contributed by atoms with van der Waals surface area (Å²) in [4.78, 5) is 23.3. The van der Waals surface area contributed by atoms with E-state index in [-0.39, 0.29) is 22.4 Å². The number of carbonyl (C=O) groups excluding carboxylic acids is 1. The van der Waals surface area contributed by atoms with Crippen LogP contribution in [0.15, 0.2) is 96.0 Å². The van der Waals surface area contributed by atoms with Crippen molar-refractivity contribution in [3.8, 4) is 23.0 Å². The summed E-state index contributed by atoms with van der Waals surface area (Å²) in [5, 5.41) is 15.3. The fourth-order valence-corrected chi connectivity index (χ4v) is 4.24. The molecule has 196 valence electrons. The zero-order valence-corrected chi connectivity index (χ0v) is 21.2. The van der Waals surface area contributed by atoms with Gasteiger partial charge in [-0.3, -0.25) is 10.2 Å². The second-order valence-corrected chi connectivity index (χ2v) is 9.57. The van der Waals surface area contributed by atoms with Crippen LogP contribution in [0.25, 0.3) is 17.2 Å². The number of hydrazine groups is 1. The molecule has 2 aromatic carbocycles. The van der Waals surface area contributed by atoms with E-state index in [9.17, 15) is 13.2 Å². The normalized spacial score (nSPS) is 11.1. The van der Waals surface area contributed by atoms with Gasteiger partial charge in [0.1, 0.15) is 5.75 Å². The lowest BCUT2D eigenvalue weighted by atomic mass is 10.2. The Bertz CT molecular complexity index is 1620. The van der Waals surface area contributed by atoms with Crippen molar-refractivity contribution in [2.45, 2.75) is 4.90 Å². The number of hydrogen-bond acceptors (Lipinski definition) is 10. The Kier molecular flexibility index (Phi) is 7.20. The third kappa shape index (κ3) is 5.87. The molecule has 0 bridgehead atoms. The summed E-state index contributed by atoms with van der Waals surface area (Å²) >= 11 is 0. The highest BCUT2D eigenvalue weighted by Gasteiger charge is 2.18. The van der Waals surface area contributed by atoms with E-state index in [0.29, 0.717) is 17.4 Å². The number of methoxy groups -OCH3 is 1. The lowest BCUT2D eigenvalue weighted by Gasteiger charge is -2.08. The zero-order chi connectivity index (χ0) is 27.2. The Hall–Kier alpha value is -5.21. The Morgan fingerprint density at radius 3 is 2.33 bits per heavy atom. The van der Waals surface area contributed by atoms with Gasteiger partial charge < -0.3 is 10.1 Å². The van der Waals surface area contributed by atoms with Crippen LogP contribution in [0.1, 0.15) is 10.5 Å². The topological polar surface area (TPSA) is 166 Å². The average Bonchev–Trinajstić information content (AvgIpc) is 3.41. The maximum absolute atomic E-state index is 12.4. The number of pyridine rings is 1. The molecule has 0 unspecified atom stereocenters. The van der Waals surface area contributed by atoms with E-state index in [2.05, 4.69) is 36.0 Å². The highest BCUT2D eigenvalue weighted by atomic mass is 32.2. The van der Waals surface area contributed by atoms with E-state index in [1.807, 2.05) is 41.2 Å². The van der Waals surface area contributed by atoms with Gasteiger partial charge >= 0.3 is 0 Å². The Morgan fingerprint density at radius 2 is 1.67 bits per heavy atom. The standard InChI is InChI=1S/C25H21N9O4S/c1-38-18-10-12-19(13-11-18)39(36,37)33-31-24(35)20-14-15-21(30-29-20)27-25-28-23(17-7-3-2-4-8-17)34(32-25)22-9-5-6-16-26-22/h2-16,33H,1H3,(H,31,35)(H,27,30,32). The van der Waals surface area contributed by atoms with E-state index >= 15 is 0 Å². The molecule has 0 spiro atoms. The molecule has 0 aliphatic heterocycles. The number of sulfonamides is 1. The van der Waals surface area contributed by atoms with Crippen molar-refractivity contribution in [2.75, 3.05) is 12.4 Å². The van der Waals surface area contributed by atoms with Crippen LogP contribution < -0.4 is 20.3 Å². The minimum Gasteiger partial charge on any atom is -0.497 e. The Morgan fingerprint density at radius 1 is 0.897 bits per heavy atom. The first-order chi connectivity index (χ1) is 18.9. The molecule has 14 heteroatoms. The Balaban J connectivity index is 1.28. The molecule has 1 amide bonds. The number of rotatable bonds is 9. The number of nitrogens with one attached hydrogen (secondary N) is 3. The van der Waals surface area contributed by atoms with Crippen molar-refractivity contribution in [3.05, 3.63) is 96.8 Å². The lowest BCUT2D eigenvalue weighted by Crippen LogP contribution is -2.41. The molecule has 39 heavy (non-hydrogen) atoms. The first-order valence-corrected chi connectivity index (χ1v) is 12.9. The van der Waals surface area contributed by atoms with Crippen molar-refractivity contribution >= 4 is 27.7 Å². The molecule has 3 aromatic heterocycles. The van der Waals surface area contributed by atoms with Crippen LogP contribution in [0.5, 0.6) is 5.75 Å². The molecule has 0 aliphatic carbocycles. The monoisotopic (exact) mass is 543 g/mol. The van der Waals surface area contributed by atoms with Gasteiger partial charge in [0.15, 0.2) is 23.2 Å². The fourth-order valence-electron chi connectivity index (χ4n) is 3.40. The SMILES string of the molecule is COc1ccc(S(=O)(=O)NNC(=O)c2ccc(Nc3nc(-c4ccccc4)n(-c4ccccn4)n3)nn2)cc1. The molecule has 0 saturated heterocycles. The number of ether oxygens (including phenoxy) is 1. The van der Waals surface area contributed by atoms with Crippen molar-refractivity contribution in [1.82, 2.24) is 40.2 Å². The van der Waals surface area contributed by atoms with Crippen LogP contribution in [0.4, 0.5) is 11.8 Å². The molecule has 3 N–H and O–H groups in total. The molecule has 0 aliphatic rings. The van der Waals surface area contributed by atoms with Gasteiger partial charge in [0.05, 0.1) is 12.0 Å². The molecular weight excluding hydrogens is 522 g/mol. The van der Waals surface area contributed by atoms with Gasteiger partial charge in [-0.25, -0.2) is 13.4 Å². The maximum atomic E-state index is 12.4. The highest BCUT2D eigenvalue weighted by molar-refractivity contribution is 7.89. The van der Waals surface area contributed by atoms with Crippen LogP contribution in [-0.4, -0.2) is 51.4 Å². The molecule has 0 saturated carbocycles. The number of carbonyl (C=O) groups is 1. The number of aromatic nitrogens is 6. The summed E-state index contributed by atoms with van der Waals surface area (Å²) in [6, 6.07) is 23.5. The number of hydrogen-bond donors (Lipinski definition) is 3. The van der Waals surface area contributed by atoms with E-state index in [4.69, 9.17) is 4.74 Å². The second kappa shape index (κ2) is 11.0. The molecular formula is C25H21N9O4S. The zero-order valence-electron chi connectivity index (χ0n) is 20.4. The van der Waals surface area contributed by atoms with E-state index in [1.165, 1.54) is 43.5 Å². The highest BCUT2D eigenvalue weighted by Crippen LogP contribution is 2.23. The van der Waals surface area contributed by atoms with Gasteiger partial charge in [-0.05, 0) is 48.5 Å². The molecule has 0 radical (unpaired) electrons. The molecule has 5 aromatic rings. The van der Waals surface area contributed by atoms with Crippen molar-refractivity contribution < 1.29 is 17.9 Å². The molecule has 5 rings (SSSR count). The van der Waals surface area contributed by atoms with E-state index < -0.39 is 15.9 Å². The van der Waals surface area contributed by atoms with Gasteiger partial charge in [-0.1, -0.05) is 36.4 Å². The average molecular weight is 544 g/mol. The fraction of sp³-hybridized carbons (Fsp3) is 0.0400.